The summed E-state index contributed by atoms with van der Waals surface area (Å²) in [5.41, 5.74) is 0.0373. The van der Waals surface area contributed by atoms with E-state index in [1.54, 1.807) is 24.3 Å². The van der Waals surface area contributed by atoms with Crippen molar-refractivity contribution in [1.82, 2.24) is 30.7 Å². The van der Waals surface area contributed by atoms with Crippen molar-refractivity contribution in [2.45, 2.75) is 102 Å². The Morgan fingerprint density at radius 3 is 2.27 bits per heavy atom. The van der Waals surface area contributed by atoms with Gasteiger partial charge < -0.3 is 35.4 Å². The number of allylic oxidation sites excluding steroid dienone is 5. The van der Waals surface area contributed by atoms with E-state index in [1.165, 1.54) is 27.7 Å². The van der Waals surface area contributed by atoms with Gasteiger partial charge >= 0.3 is 5.97 Å². The summed E-state index contributed by atoms with van der Waals surface area (Å²) in [5, 5.41) is 7.86. The second-order valence-electron chi connectivity index (χ2n) is 14.8. The predicted octanol–water partition coefficient (Wildman–Crippen LogP) is 1.84. The normalized spacial score (nSPS) is 27.3. The number of amides is 6. The predicted molar refractivity (Wildman–Crippen MR) is 199 cm³/mol. The lowest BCUT2D eigenvalue weighted by Crippen LogP contribution is -2.62. The van der Waals surface area contributed by atoms with E-state index in [0.717, 1.165) is 18.2 Å². The van der Waals surface area contributed by atoms with Gasteiger partial charge in [0.15, 0.2) is 0 Å². The average molecular weight is 781 g/mol. The number of hydrogen-bond donors (Lipinski definition) is 3. The Morgan fingerprint density at radius 1 is 0.857 bits per heavy atom. The molecule has 302 valence electrons. The third kappa shape index (κ3) is 10.3. The Balaban J connectivity index is 1.47. The Bertz CT molecular complexity index is 1760. The van der Waals surface area contributed by atoms with Crippen LogP contribution < -0.4 is 16.0 Å². The van der Waals surface area contributed by atoms with Crippen molar-refractivity contribution in [2.75, 3.05) is 26.2 Å². The maximum atomic E-state index is 14.4. The van der Waals surface area contributed by atoms with Crippen LogP contribution in [0.2, 0.25) is 0 Å². The van der Waals surface area contributed by atoms with Crippen LogP contribution in [0.15, 0.2) is 54.7 Å². The number of esters is 1. The number of piperidine rings is 1. The van der Waals surface area contributed by atoms with Gasteiger partial charge in [-0.05, 0) is 76.0 Å². The number of carbonyl (C=O) groups excluding carboxylic acids is 7. The molecule has 4 aliphatic rings. The van der Waals surface area contributed by atoms with Crippen molar-refractivity contribution in [3.63, 3.8) is 0 Å². The number of hydrogen-bond acceptors (Lipinski definition) is 8. The van der Waals surface area contributed by atoms with Gasteiger partial charge in [-0.2, -0.15) is 0 Å². The highest BCUT2D eigenvalue weighted by Crippen LogP contribution is 2.28. The molecule has 6 amide bonds. The first-order valence-electron chi connectivity index (χ1n) is 19.2. The molecule has 0 bridgehead atoms. The van der Waals surface area contributed by atoms with Crippen LogP contribution in [-0.4, -0.2) is 119 Å². The molecule has 0 radical (unpaired) electrons. The molecular formula is C40H50F2N6O8. The van der Waals surface area contributed by atoms with E-state index in [-0.39, 0.29) is 50.4 Å². The molecule has 3 N–H and O–H groups in total. The van der Waals surface area contributed by atoms with Crippen molar-refractivity contribution in [2.24, 2.45) is 5.92 Å². The summed E-state index contributed by atoms with van der Waals surface area (Å²) in [6.07, 6.45) is 11.6. The van der Waals surface area contributed by atoms with Crippen molar-refractivity contribution in [1.29, 1.82) is 0 Å². The zero-order chi connectivity index (χ0) is 40.5. The molecule has 4 saturated heterocycles. The molecule has 14 nitrogen and oxygen atoms in total. The number of rotatable bonds is 8. The summed E-state index contributed by atoms with van der Waals surface area (Å²) in [4.78, 5) is 101. The minimum absolute atomic E-state index is 0.0373. The Labute approximate surface area is 324 Å². The molecule has 0 spiro atoms. The first-order chi connectivity index (χ1) is 26.8. The fourth-order valence-corrected chi connectivity index (χ4v) is 7.76. The zero-order valence-electron chi connectivity index (χ0n) is 31.9. The van der Waals surface area contributed by atoms with Gasteiger partial charge in [-0.1, -0.05) is 37.3 Å². The minimum Gasteiger partial charge on any atom is -0.461 e. The van der Waals surface area contributed by atoms with E-state index in [2.05, 4.69) is 16.0 Å². The minimum atomic E-state index is -1.57. The van der Waals surface area contributed by atoms with Gasteiger partial charge in [0, 0.05) is 38.2 Å². The summed E-state index contributed by atoms with van der Waals surface area (Å²) in [5.74, 6) is -6.59. The molecule has 0 unspecified atom stereocenters. The van der Waals surface area contributed by atoms with Gasteiger partial charge in [-0.3, -0.25) is 28.8 Å². The molecule has 1 aromatic rings. The number of halogens is 2. The molecule has 4 aliphatic heterocycles. The SMILES string of the molecule is CC=CC=CC=CC(=O)N[C@@H](Cc1cc(F)cc(F)c1)C(=O)N[C@H]1COC(=O)[C@@H]2C[C@@H](C)CN2C(=O)[C@H](C)NC(=O)[C@@H]2CCCCN2C(=O)[C@@H]2CCCN2C1=O. The van der Waals surface area contributed by atoms with E-state index in [9.17, 15) is 42.3 Å². The summed E-state index contributed by atoms with van der Waals surface area (Å²) in [6.45, 7) is 5.13. The number of nitrogens with one attached hydrogen (secondary N) is 3. The fraction of sp³-hybridized carbons (Fsp3) is 0.525. The lowest BCUT2D eigenvalue weighted by molar-refractivity contribution is -0.158. The second kappa shape index (κ2) is 19.0. The maximum absolute atomic E-state index is 14.4. The first kappa shape index (κ1) is 41.7. The Kier molecular flexibility index (Phi) is 14.1. The highest BCUT2D eigenvalue weighted by molar-refractivity contribution is 5.98. The highest BCUT2D eigenvalue weighted by atomic mass is 19.1. The van der Waals surface area contributed by atoms with Gasteiger partial charge in [0.05, 0.1) is 0 Å². The molecular weight excluding hydrogens is 730 g/mol. The number of carbonyl (C=O) groups is 7. The number of cyclic esters (lactones) is 1. The number of nitrogens with zero attached hydrogens (tertiary/aromatic N) is 3. The van der Waals surface area contributed by atoms with E-state index in [0.29, 0.717) is 31.7 Å². The van der Waals surface area contributed by atoms with Crippen LogP contribution >= 0.6 is 0 Å². The molecule has 0 aliphatic carbocycles. The summed E-state index contributed by atoms with van der Waals surface area (Å²) < 4.78 is 34.1. The van der Waals surface area contributed by atoms with Crippen LogP contribution in [0.3, 0.4) is 0 Å². The molecule has 0 saturated carbocycles. The average Bonchev–Trinajstić information content (AvgIpc) is 3.81. The third-order valence-electron chi connectivity index (χ3n) is 10.5. The van der Waals surface area contributed by atoms with E-state index >= 15 is 0 Å². The largest absolute Gasteiger partial charge is 0.461 e. The lowest BCUT2D eigenvalue weighted by atomic mass is 9.99. The van der Waals surface area contributed by atoms with Gasteiger partial charge in [0.25, 0.3) is 0 Å². The molecule has 4 fully saturated rings. The number of fused-ring (bicyclic) bond motifs is 3. The molecule has 5 rings (SSSR count). The number of ether oxygens (including phenoxy) is 1. The lowest BCUT2D eigenvalue weighted by Gasteiger charge is -2.39. The van der Waals surface area contributed by atoms with Crippen molar-refractivity contribution < 1.29 is 47.1 Å². The molecule has 1 aromatic carbocycles. The zero-order valence-corrected chi connectivity index (χ0v) is 31.9. The van der Waals surface area contributed by atoms with Crippen LogP contribution in [0.25, 0.3) is 0 Å². The Hall–Kier alpha value is -5.41. The monoisotopic (exact) mass is 780 g/mol. The van der Waals surface area contributed by atoms with Crippen LogP contribution in [-0.2, 0) is 44.7 Å². The molecule has 16 heteroatoms. The van der Waals surface area contributed by atoms with Crippen LogP contribution in [0, 0.1) is 17.6 Å². The first-order valence-corrected chi connectivity index (χ1v) is 19.2. The summed E-state index contributed by atoms with van der Waals surface area (Å²) >= 11 is 0. The van der Waals surface area contributed by atoms with E-state index < -0.39 is 95.9 Å². The molecule has 56 heavy (non-hydrogen) atoms. The van der Waals surface area contributed by atoms with Crippen molar-refractivity contribution in [3.8, 4) is 0 Å². The quantitative estimate of drug-likeness (QED) is 0.204. The second-order valence-corrected chi connectivity index (χ2v) is 14.8. The van der Waals surface area contributed by atoms with Crippen molar-refractivity contribution >= 4 is 41.4 Å². The van der Waals surface area contributed by atoms with Crippen LogP contribution in [0.1, 0.15) is 64.9 Å². The smallest absolute Gasteiger partial charge is 0.328 e. The van der Waals surface area contributed by atoms with Crippen LogP contribution in [0.5, 0.6) is 0 Å². The van der Waals surface area contributed by atoms with Crippen molar-refractivity contribution in [3.05, 3.63) is 71.9 Å². The summed E-state index contributed by atoms with van der Waals surface area (Å²) in [7, 11) is 0. The van der Waals surface area contributed by atoms with Gasteiger partial charge in [-0.25, -0.2) is 13.6 Å². The van der Waals surface area contributed by atoms with Gasteiger partial charge in [0.2, 0.25) is 35.4 Å². The maximum Gasteiger partial charge on any atom is 0.328 e. The number of benzene rings is 1. The van der Waals surface area contributed by atoms with Gasteiger partial charge in [0.1, 0.15) is 54.5 Å². The third-order valence-corrected chi connectivity index (χ3v) is 10.5. The molecule has 4 heterocycles. The van der Waals surface area contributed by atoms with E-state index in [1.807, 2.05) is 13.8 Å². The van der Waals surface area contributed by atoms with Crippen LogP contribution in [0.4, 0.5) is 8.78 Å². The molecule has 0 aromatic heterocycles. The highest BCUT2D eigenvalue weighted by Gasteiger charge is 2.46. The van der Waals surface area contributed by atoms with E-state index in [4.69, 9.17) is 4.74 Å². The summed E-state index contributed by atoms with van der Waals surface area (Å²) in [6, 6.07) is -4.27. The Morgan fingerprint density at radius 2 is 1.54 bits per heavy atom. The molecule has 7 atom stereocenters. The fourth-order valence-electron chi connectivity index (χ4n) is 7.76. The standard InChI is InChI=1S/C40H50F2N6O8/c1-4-5-6-7-8-14-34(49)44-29(20-26-18-27(41)21-28(42)19-26)35(50)45-30-23-56-40(55)33-17-24(2)22-48(33)37(52)25(3)43-36(51)31-12-9-10-15-46(31)39(54)32-13-11-16-47(32)38(30)53/h4-8,14,18-19,21,24-25,29-33H,9-13,15-17,20,22-23H2,1-3H3,(H,43,51)(H,44,49)(H,45,50)/t24-,25+,29+,30+,31+,32+,33+/m1/s1. The van der Waals surface area contributed by atoms with Gasteiger partial charge in [-0.15, -0.1) is 0 Å². The topological polar surface area (TPSA) is 175 Å².